The fourth-order valence-electron chi connectivity index (χ4n) is 3.06. The first kappa shape index (κ1) is 17.6. The highest BCUT2D eigenvalue weighted by atomic mass is 32.1. The van der Waals surface area contributed by atoms with Gasteiger partial charge in [0.05, 0.1) is 18.3 Å². The van der Waals surface area contributed by atoms with E-state index in [4.69, 9.17) is 0 Å². The van der Waals surface area contributed by atoms with Crippen LogP contribution in [-0.4, -0.2) is 19.9 Å². The van der Waals surface area contributed by atoms with Crippen LogP contribution in [0.15, 0.2) is 28.6 Å². The van der Waals surface area contributed by atoms with E-state index in [2.05, 4.69) is 23.4 Å². The summed E-state index contributed by atoms with van der Waals surface area (Å²) in [5.41, 5.74) is 2.59. The first-order valence-electron chi connectivity index (χ1n) is 8.51. The molecule has 0 saturated carbocycles. The molecule has 0 bridgehead atoms. The second-order valence-corrected chi connectivity index (χ2v) is 7.75. The van der Waals surface area contributed by atoms with Crippen molar-refractivity contribution >= 4 is 27.3 Å². The van der Waals surface area contributed by atoms with Gasteiger partial charge in [0.25, 0.3) is 5.56 Å². The van der Waals surface area contributed by atoms with E-state index >= 15 is 0 Å². The van der Waals surface area contributed by atoms with Gasteiger partial charge >= 0.3 is 0 Å². The standard InChI is InChI=1S/C19H23N3O2S/c1-12(2)5-7-22-13(3)9-16(14(22)4)17(23)10-21-11-20-18-15(19(21)24)6-8-25-18/h6,8-9,11-12H,5,7,10H2,1-4H3. The molecule has 132 valence electrons. The molecule has 3 aromatic heterocycles. The minimum Gasteiger partial charge on any atom is -0.348 e. The lowest BCUT2D eigenvalue weighted by molar-refractivity contribution is 0.0970. The lowest BCUT2D eigenvalue weighted by Gasteiger charge is -2.11. The zero-order chi connectivity index (χ0) is 18.1. The molecule has 0 atom stereocenters. The molecule has 0 saturated heterocycles. The first-order chi connectivity index (χ1) is 11.9. The van der Waals surface area contributed by atoms with Crippen LogP contribution in [0.4, 0.5) is 0 Å². The number of carbonyl (C=O) groups excluding carboxylic acids is 1. The lowest BCUT2D eigenvalue weighted by atomic mass is 10.1. The van der Waals surface area contributed by atoms with E-state index < -0.39 is 0 Å². The van der Waals surface area contributed by atoms with Crippen LogP contribution in [0.2, 0.25) is 0 Å². The molecule has 0 radical (unpaired) electrons. The Kier molecular flexibility index (Phi) is 4.90. The number of Topliss-reactive ketones (excluding diaryl/α,β-unsaturated/α-hetero) is 1. The zero-order valence-corrected chi connectivity index (χ0v) is 15.9. The van der Waals surface area contributed by atoms with Gasteiger partial charge in [-0.3, -0.25) is 14.2 Å². The Morgan fingerprint density at radius 1 is 1.32 bits per heavy atom. The molecular formula is C19H23N3O2S. The summed E-state index contributed by atoms with van der Waals surface area (Å²) in [5, 5.41) is 2.41. The van der Waals surface area contributed by atoms with Gasteiger partial charge in [-0.25, -0.2) is 4.98 Å². The van der Waals surface area contributed by atoms with Crippen molar-refractivity contribution in [2.45, 2.75) is 47.2 Å². The maximum absolute atomic E-state index is 12.8. The van der Waals surface area contributed by atoms with Crippen LogP contribution in [0.1, 0.15) is 42.0 Å². The van der Waals surface area contributed by atoms with E-state index in [1.54, 1.807) is 6.07 Å². The van der Waals surface area contributed by atoms with Gasteiger partial charge in [0.1, 0.15) is 4.83 Å². The average Bonchev–Trinajstić information content (AvgIpc) is 3.14. The van der Waals surface area contributed by atoms with Crippen LogP contribution in [0.5, 0.6) is 0 Å². The summed E-state index contributed by atoms with van der Waals surface area (Å²) < 4.78 is 3.59. The highest BCUT2D eigenvalue weighted by molar-refractivity contribution is 7.16. The molecule has 0 aliphatic heterocycles. The van der Waals surface area contributed by atoms with Crippen molar-refractivity contribution in [3.05, 3.63) is 51.1 Å². The number of nitrogens with zero attached hydrogens (tertiary/aromatic N) is 3. The Morgan fingerprint density at radius 2 is 2.08 bits per heavy atom. The smallest absolute Gasteiger partial charge is 0.262 e. The second-order valence-electron chi connectivity index (χ2n) is 6.86. The quantitative estimate of drug-likeness (QED) is 0.631. The van der Waals surface area contributed by atoms with Gasteiger partial charge in [0, 0.05) is 23.5 Å². The summed E-state index contributed by atoms with van der Waals surface area (Å²) in [6.45, 7) is 9.32. The van der Waals surface area contributed by atoms with Crippen molar-refractivity contribution < 1.29 is 4.79 Å². The number of fused-ring (bicyclic) bond motifs is 1. The summed E-state index contributed by atoms with van der Waals surface area (Å²) in [7, 11) is 0. The molecule has 0 N–H and O–H groups in total. The van der Waals surface area contributed by atoms with Crippen molar-refractivity contribution in [3.8, 4) is 0 Å². The monoisotopic (exact) mass is 357 g/mol. The molecule has 0 amide bonds. The lowest BCUT2D eigenvalue weighted by Crippen LogP contribution is -2.24. The van der Waals surface area contributed by atoms with Crippen LogP contribution >= 0.6 is 11.3 Å². The average molecular weight is 357 g/mol. The predicted molar refractivity (Wildman–Crippen MR) is 102 cm³/mol. The molecule has 0 aromatic carbocycles. The summed E-state index contributed by atoms with van der Waals surface area (Å²) in [6, 6.07) is 3.69. The molecule has 3 aromatic rings. The maximum atomic E-state index is 12.8. The first-order valence-corrected chi connectivity index (χ1v) is 9.39. The van der Waals surface area contributed by atoms with Crippen LogP contribution in [0, 0.1) is 19.8 Å². The number of thiophene rings is 1. The minimum atomic E-state index is -0.159. The normalized spacial score (nSPS) is 11.6. The third kappa shape index (κ3) is 3.44. The van der Waals surface area contributed by atoms with E-state index in [1.165, 1.54) is 22.2 Å². The van der Waals surface area contributed by atoms with Gasteiger partial charge in [0.2, 0.25) is 0 Å². The van der Waals surface area contributed by atoms with E-state index in [0.717, 1.165) is 24.4 Å². The highest BCUT2D eigenvalue weighted by Crippen LogP contribution is 2.18. The van der Waals surface area contributed by atoms with Gasteiger partial charge in [-0.1, -0.05) is 13.8 Å². The number of hydrogen-bond acceptors (Lipinski definition) is 4. The zero-order valence-electron chi connectivity index (χ0n) is 15.1. The van der Waals surface area contributed by atoms with Crippen molar-refractivity contribution in [1.82, 2.24) is 14.1 Å². The van der Waals surface area contributed by atoms with Gasteiger partial charge in [-0.15, -0.1) is 11.3 Å². The molecule has 3 heterocycles. The van der Waals surface area contributed by atoms with Crippen LogP contribution < -0.4 is 5.56 Å². The fourth-order valence-corrected chi connectivity index (χ4v) is 3.78. The van der Waals surface area contributed by atoms with Gasteiger partial charge in [0.15, 0.2) is 5.78 Å². The number of hydrogen-bond donors (Lipinski definition) is 0. The molecule has 0 aliphatic rings. The van der Waals surface area contributed by atoms with Gasteiger partial charge in [-0.05, 0) is 43.7 Å². The summed E-state index contributed by atoms with van der Waals surface area (Å²) >= 11 is 1.43. The maximum Gasteiger partial charge on any atom is 0.262 e. The summed E-state index contributed by atoms with van der Waals surface area (Å²) in [5.74, 6) is 0.560. The highest BCUT2D eigenvalue weighted by Gasteiger charge is 2.17. The predicted octanol–water partition coefficient (Wildman–Crippen LogP) is 3.81. The Hall–Kier alpha value is -2.21. The van der Waals surface area contributed by atoms with E-state index in [9.17, 15) is 9.59 Å². The molecule has 3 rings (SSSR count). The summed E-state index contributed by atoms with van der Waals surface area (Å²) in [6.07, 6.45) is 2.54. The Bertz CT molecular complexity index is 978. The van der Waals surface area contributed by atoms with Gasteiger partial charge < -0.3 is 4.57 Å². The molecule has 0 fully saturated rings. The van der Waals surface area contributed by atoms with E-state index in [1.807, 2.05) is 25.3 Å². The molecule has 5 nitrogen and oxygen atoms in total. The molecule has 0 spiro atoms. The van der Waals surface area contributed by atoms with E-state index in [-0.39, 0.29) is 17.9 Å². The topological polar surface area (TPSA) is 56.9 Å². The van der Waals surface area contributed by atoms with Crippen molar-refractivity contribution in [2.75, 3.05) is 0 Å². The molecule has 6 heteroatoms. The van der Waals surface area contributed by atoms with Crippen LogP contribution in [0.25, 0.3) is 10.2 Å². The van der Waals surface area contributed by atoms with Gasteiger partial charge in [-0.2, -0.15) is 0 Å². The third-order valence-electron chi connectivity index (χ3n) is 4.57. The molecular weight excluding hydrogens is 334 g/mol. The molecule has 0 unspecified atom stereocenters. The number of aromatic nitrogens is 3. The number of aryl methyl sites for hydroxylation is 1. The van der Waals surface area contributed by atoms with Crippen molar-refractivity contribution in [3.63, 3.8) is 0 Å². The SMILES string of the molecule is Cc1cc(C(=O)Cn2cnc3sccc3c2=O)c(C)n1CCC(C)C. The summed E-state index contributed by atoms with van der Waals surface area (Å²) in [4.78, 5) is 30.2. The van der Waals surface area contributed by atoms with Crippen molar-refractivity contribution in [1.29, 1.82) is 0 Å². The number of ketones is 1. The second kappa shape index (κ2) is 6.96. The fraction of sp³-hybridized carbons (Fsp3) is 0.421. The molecule has 25 heavy (non-hydrogen) atoms. The largest absolute Gasteiger partial charge is 0.348 e. The van der Waals surface area contributed by atoms with Crippen LogP contribution in [-0.2, 0) is 13.1 Å². The Morgan fingerprint density at radius 3 is 2.80 bits per heavy atom. The Balaban J connectivity index is 1.87. The number of carbonyl (C=O) groups is 1. The Labute approximate surface area is 150 Å². The molecule has 0 aliphatic carbocycles. The third-order valence-corrected chi connectivity index (χ3v) is 5.39. The minimum absolute atomic E-state index is 0.0199. The number of rotatable bonds is 6. The van der Waals surface area contributed by atoms with E-state index in [0.29, 0.717) is 21.7 Å². The van der Waals surface area contributed by atoms with Crippen molar-refractivity contribution in [2.24, 2.45) is 5.92 Å². The van der Waals surface area contributed by atoms with Crippen LogP contribution in [0.3, 0.4) is 0 Å².